The van der Waals surface area contributed by atoms with Gasteiger partial charge in [0.05, 0.1) is 6.61 Å². The minimum Gasteiger partial charge on any atom is -0.300 e. The van der Waals surface area contributed by atoms with Crippen LogP contribution in [0.25, 0.3) is 0 Å². The van der Waals surface area contributed by atoms with Gasteiger partial charge in [0.25, 0.3) is 0 Å². The molecule has 14 heavy (non-hydrogen) atoms. The molecule has 0 saturated heterocycles. The highest BCUT2D eigenvalue weighted by molar-refractivity contribution is 5.26. The van der Waals surface area contributed by atoms with E-state index in [2.05, 4.69) is 29.1 Å². The lowest BCUT2D eigenvalue weighted by atomic mass is 9.96. The first-order valence-electron chi connectivity index (χ1n) is 5.30. The standard InChI is InChI=1S/C12H17NO/c13-14-9-10-4-3-7-12(8-10)11-5-1-2-6-11/h3-4,7-8,11H,1-2,5-6,9,13H2. The van der Waals surface area contributed by atoms with Crippen molar-refractivity contribution in [3.05, 3.63) is 35.4 Å². The summed E-state index contributed by atoms with van der Waals surface area (Å²) in [7, 11) is 0. The van der Waals surface area contributed by atoms with E-state index < -0.39 is 0 Å². The van der Waals surface area contributed by atoms with Crippen LogP contribution in [-0.4, -0.2) is 0 Å². The van der Waals surface area contributed by atoms with Crippen LogP contribution in [0, 0.1) is 0 Å². The van der Waals surface area contributed by atoms with Gasteiger partial charge in [-0.15, -0.1) is 0 Å². The van der Waals surface area contributed by atoms with Gasteiger partial charge in [0, 0.05) is 0 Å². The summed E-state index contributed by atoms with van der Waals surface area (Å²) in [5, 5.41) is 0. The third-order valence-electron chi connectivity index (χ3n) is 3.03. The Bertz CT molecular complexity index is 292. The molecule has 0 amide bonds. The maximum atomic E-state index is 5.06. The molecule has 1 saturated carbocycles. The van der Waals surface area contributed by atoms with E-state index in [4.69, 9.17) is 5.90 Å². The van der Waals surface area contributed by atoms with Gasteiger partial charge < -0.3 is 0 Å². The molecular weight excluding hydrogens is 174 g/mol. The van der Waals surface area contributed by atoms with Crippen molar-refractivity contribution in [1.29, 1.82) is 0 Å². The first-order valence-corrected chi connectivity index (χ1v) is 5.30. The second-order valence-electron chi connectivity index (χ2n) is 4.04. The summed E-state index contributed by atoms with van der Waals surface area (Å²) in [6.45, 7) is 0.514. The van der Waals surface area contributed by atoms with E-state index in [1.807, 2.05) is 0 Å². The molecule has 0 radical (unpaired) electrons. The van der Waals surface area contributed by atoms with Crippen molar-refractivity contribution in [2.75, 3.05) is 0 Å². The van der Waals surface area contributed by atoms with Gasteiger partial charge in [0.2, 0.25) is 0 Å². The summed E-state index contributed by atoms with van der Waals surface area (Å²) in [5.74, 6) is 5.84. The maximum absolute atomic E-state index is 5.06. The largest absolute Gasteiger partial charge is 0.300 e. The van der Waals surface area contributed by atoms with Crippen molar-refractivity contribution >= 4 is 0 Å². The molecule has 0 unspecified atom stereocenters. The third kappa shape index (κ3) is 2.14. The van der Waals surface area contributed by atoms with Gasteiger partial charge in [-0.05, 0) is 29.9 Å². The zero-order chi connectivity index (χ0) is 9.80. The first-order chi connectivity index (χ1) is 6.90. The number of hydrogen-bond donors (Lipinski definition) is 1. The van der Waals surface area contributed by atoms with Crippen LogP contribution in [-0.2, 0) is 11.4 Å². The van der Waals surface area contributed by atoms with Gasteiger partial charge >= 0.3 is 0 Å². The van der Waals surface area contributed by atoms with Crippen LogP contribution in [0.4, 0.5) is 0 Å². The smallest absolute Gasteiger partial charge is 0.0930 e. The Morgan fingerprint density at radius 1 is 1.29 bits per heavy atom. The molecule has 76 valence electrons. The van der Waals surface area contributed by atoms with Crippen molar-refractivity contribution in [2.24, 2.45) is 5.90 Å². The lowest BCUT2D eigenvalue weighted by Crippen LogP contribution is -2.00. The van der Waals surface area contributed by atoms with Gasteiger partial charge in [-0.3, -0.25) is 4.84 Å². The van der Waals surface area contributed by atoms with Crippen molar-refractivity contribution in [3.63, 3.8) is 0 Å². The Morgan fingerprint density at radius 3 is 2.79 bits per heavy atom. The lowest BCUT2D eigenvalue weighted by molar-refractivity contribution is 0.124. The lowest BCUT2D eigenvalue weighted by Gasteiger charge is -2.10. The molecule has 1 aliphatic rings. The summed E-state index contributed by atoms with van der Waals surface area (Å²) in [5.41, 5.74) is 2.63. The van der Waals surface area contributed by atoms with E-state index in [-0.39, 0.29) is 0 Å². The minimum atomic E-state index is 0.514. The average Bonchev–Trinajstić information content (AvgIpc) is 2.71. The van der Waals surface area contributed by atoms with Crippen LogP contribution in [0.5, 0.6) is 0 Å². The Kier molecular flexibility index (Phi) is 3.17. The van der Waals surface area contributed by atoms with Crippen molar-refractivity contribution in [1.82, 2.24) is 0 Å². The number of rotatable bonds is 3. The molecule has 2 heteroatoms. The molecule has 1 aromatic rings. The molecule has 1 aliphatic carbocycles. The third-order valence-corrected chi connectivity index (χ3v) is 3.03. The molecule has 1 fully saturated rings. The van der Waals surface area contributed by atoms with E-state index in [1.54, 1.807) is 0 Å². The van der Waals surface area contributed by atoms with E-state index in [0.717, 1.165) is 5.92 Å². The number of benzene rings is 1. The molecule has 0 bridgehead atoms. The fraction of sp³-hybridized carbons (Fsp3) is 0.500. The summed E-state index contributed by atoms with van der Waals surface area (Å²) >= 11 is 0. The highest BCUT2D eigenvalue weighted by atomic mass is 16.6. The normalized spacial score (nSPS) is 17.5. The molecule has 2 nitrogen and oxygen atoms in total. The van der Waals surface area contributed by atoms with Crippen LogP contribution < -0.4 is 5.90 Å². The van der Waals surface area contributed by atoms with E-state index in [9.17, 15) is 0 Å². The van der Waals surface area contributed by atoms with Crippen LogP contribution in [0.3, 0.4) is 0 Å². The van der Waals surface area contributed by atoms with Gasteiger partial charge in [-0.2, -0.15) is 0 Å². The summed E-state index contributed by atoms with van der Waals surface area (Å²) < 4.78 is 0. The predicted octanol–water partition coefficient (Wildman–Crippen LogP) is 2.73. The average molecular weight is 191 g/mol. The monoisotopic (exact) mass is 191 g/mol. The van der Waals surface area contributed by atoms with Crippen LogP contribution in [0.15, 0.2) is 24.3 Å². The van der Waals surface area contributed by atoms with Crippen LogP contribution in [0.2, 0.25) is 0 Å². The molecule has 0 aromatic heterocycles. The second kappa shape index (κ2) is 4.58. The zero-order valence-corrected chi connectivity index (χ0v) is 8.41. The van der Waals surface area contributed by atoms with Gasteiger partial charge in [-0.1, -0.05) is 37.1 Å². The first kappa shape index (κ1) is 9.69. The molecule has 2 N–H and O–H groups in total. The van der Waals surface area contributed by atoms with Crippen LogP contribution >= 0.6 is 0 Å². The van der Waals surface area contributed by atoms with Gasteiger partial charge in [0.1, 0.15) is 0 Å². The summed E-state index contributed by atoms with van der Waals surface area (Å²) in [4.78, 5) is 4.65. The van der Waals surface area contributed by atoms with E-state index in [0.29, 0.717) is 6.61 Å². The quantitative estimate of drug-likeness (QED) is 0.745. The molecular formula is C12H17NO. The van der Waals surface area contributed by atoms with Crippen LogP contribution in [0.1, 0.15) is 42.7 Å². The molecule has 0 heterocycles. The zero-order valence-electron chi connectivity index (χ0n) is 8.41. The Labute approximate surface area is 85.0 Å². The highest BCUT2D eigenvalue weighted by Crippen LogP contribution is 2.34. The Hall–Kier alpha value is -0.860. The number of hydrogen-bond acceptors (Lipinski definition) is 2. The molecule has 0 aliphatic heterocycles. The van der Waals surface area contributed by atoms with Crippen molar-refractivity contribution < 1.29 is 4.84 Å². The van der Waals surface area contributed by atoms with Gasteiger partial charge in [-0.25, -0.2) is 5.90 Å². The SMILES string of the molecule is NOCc1cccc(C2CCCC2)c1. The Morgan fingerprint density at radius 2 is 2.07 bits per heavy atom. The highest BCUT2D eigenvalue weighted by Gasteiger charge is 2.16. The topological polar surface area (TPSA) is 35.2 Å². The van der Waals surface area contributed by atoms with Gasteiger partial charge in [0.15, 0.2) is 0 Å². The van der Waals surface area contributed by atoms with E-state index >= 15 is 0 Å². The molecule has 2 rings (SSSR count). The second-order valence-corrected chi connectivity index (χ2v) is 4.04. The van der Waals surface area contributed by atoms with Crippen molar-refractivity contribution in [3.8, 4) is 0 Å². The molecule has 0 atom stereocenters. The molecule has 0 spiro atoms. The maximum Gasteiger partial charge on any atom is 0.0930 e. The fourth-order valence-electron chi connectivity index (χ4n) is 2.29. The Balaban J connectivity index is 2.12. The minimum absolute atomic E-state index is 0.514. The molecule has 1 aromatic carbocycles. The van der Waals surface area contributed by atoms with E-state index in [1.165, 1.54) is 36.8 Å². The predicted molar refractivity (Wildman–Crippen MR) is 56.6 cm³/mol. The number of nitrogens with two attached hydrogens (primary N) is 1. The van der Waals surface area contributed by atoms with Crippen molar-refractivity contribution in [2.45, 2.75) is 38.2 Å². The fourth-order valence-corrected chi connectivity index (χ4v) is 2.29. The summed E-state index contributed by atoms with van der Waals surface area (Å²) in [6, 6.07) is 8.60. The summed E-state index contributed by atoms with van der Waals surface area (Å²) in [6.07, 6.45) is 5.43.